The summed E-state index contributed by atoms with van der Waals surface area (Å²) in [6.07, 6.45) is 0. The van der Waals surface area contributed by atoms with Gasteiger partial charge in [-0.05, 0) is 18.2 Å². The van der Waals surface area contributed by atoms with Crippen LogP contribution >= 0.6 is 15.9 Å². The monoisotopic (exact) mass is 260 g/mol. The predicted octanol–water partition coefficient (Wildman–Crippen LogP) is 1.01. The maximum atomic E-state index is 13.1. The van der Waals surface area contributed by atoms with Gasteiger partial charge in [-0.25, -0.2) is 4.39 Å². The summed E-state index contributed by atoms with van der Waals surface area (Å²) in [5.41, 5.74) is 4.59. The first-order valence-electron chi connectivity index (χ1n) is 3.56. The maximum absolute atomic E-state index is 13.1. The fraction of sp³-hybridized carbons (Fsp3) is 0. The molecular weight excluding hydrogens is 255 g/mol. The molecule has 0 spiro atoms. The highest BCUT2D eigenvalue weighted by Crippen LogP contribution is 2.18. The molecule has 0 saturated carbocycles. The van der Waals surface area contributed by atoms with Crippen molar-refractivity contribution in [3.8, 4) is 0 Å². The van der Waals surface area contributed by atoms with Crippen LogP contribution in [-0.2, 0) is 9.59 Å². The lowest BCUT2D eigenvalue weighted by atomic mass is 10.3. The lowest BCUT2D eigenvalue weighted by Crippen LogP contribution is -2.29. The minimum absolute atomic E-state index is 0.0861. The number of nitrogens with one attached hydrogen (secondary N) is 1. The van der Waals surface area contributed by atoms with Crippen molar-refractivity contribution in [1.29, 1.82) is 0 Å². The largest absolute Gasteiger partial charge is 0.361 e. The minimum Gasteiger partial charge on any atom is -0.361 e. The summed E-state index contributed by atoms with van der Waals surface area (Å²) in [7, 11) is 0. The number of carbonyl (C=O) groups excluding carboxylic acids is 2. The molecule has 0 unspecified atom stereocenters. The van der Waals surface area contributed by atoms with Crippen molar-refractivity contribution in [3.05, 3.63) is 28.5 Å². The molecule has 0 bridgehead atoms. The fourth-order valence-corrected chi connectivity index (χ4v) is 1.11. The van der Waals surface area contributed by atoms with Crippen LogP contribution in [-0.4, -0.2) is 11.8 Å². The summed E-state index contributed by atoms with van der Waals surface area (Å²) in [5, 5.41) is 2.03. The minimum atomic E-state index is -1.16. The number of hydrogen-bond donors (Lipinski definition) is 2. The number of carbonyl (C=O) groups is 2. The molecule has 14 heavy (non-hydrogen) atoms. The van der Waals surface area contributed by atoms with Crippen molar-refractivity contribution in [1.82, 2.24) is 0 Å². The van der Waals surface area contributed by atoms with Gasteiger partial charge in [0.1, 0.15) is 5.82 Å². The lowest BCUT2D eigenvalue weighted by Gasteiger charge is -2.03. The molecule has 1 aromatic carbocycles. The third-order valence-electron chi connectivity index (χ3n) is 1.40. The number of nitrogens with two attached hydrogens (primary N) is 1. The highest BCUT2D eigenvalue weighted by molar-refractivity contribution is 9.10. The van der Waals surface area contributed by atoms with Crippen LogP contribution in [0, 0.1) is 5.82 Å². The first-order valence-corrected chi connectivity index (χ1v) is 4.36. The summed E-state index contributed by atoms with van der Waals surface area (Å²) in [6, 6.07) is 4.01. The molecule has 0 aliphatic heterocycles. The summed E-state index contributed by atoms with van der Waals surface area (Å²) < 4.78 is 13.6. The van der Waals surface area contributed by atoms with Gasteiger partial charge in [0.25, 0.3) is 0 Å². The van der Waals surface area contributed by atoms with E-state index in [4.69, 9.17) is 0 Å². The quantitative estimate of drug-likeness (QED) is 0.740. The van der Waals surface area contributed by atoms with Crippen LogP contribution in [0.2, 0.25) is 0 Å². The van der Waals surface area contributed by atoms with Crippen molar-refractivity contribution >= 4 is 33.4 Å². The van der Waals surface area contributed by atoms with Gasteiger partial charge in [-0.1, -0.05) is 15.9 Å². The average molecular weight is 261 g/mol. The first-order chi connectivity index (χ1) is 6.50. The van der Waals surface area contributed by atoms with Crippen LogP contribution in [0.4, 0.5) is 10.1 Å². The second kappa shape index (κ2) is 4.19. The standard InChI is InChI=1S/C8H6BrFN2O2/c9-4-1-2-6(5(10)3-4)12-8(14)7(11)13/h1-3H,(H2,11,13)(H,12,14). The molecule has 0 heterocycles. The zero-order valence-electron chi connectivity index (χ0n) is 6.88. The van der Waals surface area contributed by atoms with Crippen molar-refractivity contribution < 1.29 is 14.0 Å². The van der Waals surface area contributed by atoms with Crippen LogP contribution in [0.25, 0.3) is 0 Å². The fourth-order valence-electron chi connectivity index (χ4n) is 0.775. The Bertz CT molecular complexity index is 395. The molecule has 1 aromatic rings. The van der Waals surface area contributed by atoms with E-state index in [2.05, 4.69) is 21.7 Å². The maximum Gasteiger partial charge on any atom is 0.313 e. The van der Waals surface area contributed by atoms with Crippen LogP contribution in [0.3, 0.4) is 0 Å². The summed E-state index contributed by atoms with van der Waals surface area (Å²) >= 11 is 3.05. The smallest absolute Gasteiger partial charge is 0.313 e. The van der Waals surface area contributed by atoms with Gasteiger partial charge in [-0.2, -0.15) is 0 Å². The predicted molar refractivity (Wildman–Crippen MR) is 51.9 cm³/mol. The highest BCUT2D eigenvalue weighted by atomic mass is 79.9. The molecule has 6 heteroatoms. The summed E-state index contributed by atoms with van der Waals surface area (Å²) in [6.45, 7) is 0. The Morgan fingerprint density at radius 2 is 2.07 bits per heavy atom. The number of benzene rings is 1. The van der Waals surface area contributed by atoms with Crippen LogP contribution in [0.1, 0.15) is 0 Å². The van der Waals surface area contributed by atoms with Gasteiger partial charge in [0.2, 0.25) is 0 Å². The molecule has 1 rings (SSSR count). The third-order valence-corrected chi connectivity index (χ3v) is 1.90. The molecular formula is C8H6BrFN2O2. The molecule has 0 fully saturated rings. The number of amides is 2. The van der Waals surface area contributed by atoms with Gasteiger partial charge in [0.05, 0.1) is 5.69 Å². The molecule has 0 saturated heterocycles. The van der Waals surface area contributed by atoms with Gasteiger partial charge in [0, 0.05) is 4.47 Å². The van der Waals surface area contributed by atoms with Gasteiger partial charge in [-0.3, -0.25) is 9.59 Å². The van der Waals surface area contributed by atoms with E-state index in [9.17, 15) is 14.0 Å². The average Bonchev–Trinajstić information content (AvgIpc) is 2.09. The van der Waals surface area contributed by atoms with E-state index < -0.39 is 17.6 Å². The van der Waals surface area contributed by atoms with E-state index in [1.54, 1.807) is 0 Å². The molecule has 4 nitrogen and oxygen atoms in total. The molecule has 2 amide bonds. The second-order valence-corrected chi connectivity index (χ2v) is 3.36. The van der Waals surface area contributed by atoms with Crippen LogP contribution < -0.4 is 11.1 Å². The number of halogens is 2. The van der Waals surface area contributed by atoms with Crippen molar-refractivity contribution in [2.75, 3.05) is 5.32 Å². The Balaban J connectivity index is 2.87. The number of primary amides is 1. The summed E-state index contributed by atoms with van der Waals surface area (Å²) in [4.78, 5) is 21.1. The van der Waals surface area contributed by atoms with Crippen LogP contribution in [0.15, 0.2) is 22.7 Å². The SMILES string of the molecule is NC(=O)C(=O)Nc1ccc(Br)cc1F. The van der Waals surface area contributed by atoms with E-state index >= 15 is 0 Å². The van der Waals surface area contributed by atoms with Gasteiger partial charge < -0.3 is 11.1 Å². The number of anilines is 1. The molecule has 74 valence electrons. The first kappa shape index (κ1) is 10.6. The van der Waals surface area contributed by atoms with E-state index in [1.165, 1.54) is 12.1 Å². The van der Waals surface area contributed by atoms with E-state index in [-0.39, 0.29) is 5.69 Å². The zero-order chi connectivity index (χ0) is 10.7. The Hall–Kier alpha value is -1.43. The highest BCUT2D eigenvalue weighted by Gasteiger charge is 2.11. The Labute approximate surface area is 87.4 Å². The molecule has 0 aliphatic carbocycles. The van der Waals surface area contributed by atoms with Gasteiger partial charge >= 0.3 is 11.8 Å². The van der Waals surface area contributed by atoms with Crippen molar-refractivity contribution in [3.63, 3.8) is 0 Å². The molecule has 0 radical (unpaired) electrons. The summed E-state index contributed by atoms with van der Waals surface area (Å²) in [5.74, 6) is -2.85. The second-order valence-electron chi connectivity index (χ2n) is 2.44. The van der Waals surface area contributed by atoms with Crippen LogP contribution in [0.5, 0.6) is 0 Å². The number of hydrogen-bond acceptors (Lipinski definition) is 2. The third kappa shape index (κ3) is 2.53. The van der Waals surface area contributed by atoms with E-state index in [0.29, 0.717) is 4.47 Å². The van der Waals surface area contributed by atoms with Crippen molar-refractivity contribution in [2.24, 2.45) is 5.73 Å². The van der Waals surface area contributed by atoms with E-state index in [1.807, 2.05) is 5.32 Å². The lowest BCUT2D eigenvalue weighted by molar-refractivity contribution is -0.134. The zero-order valence-corrected chi connectivity index (χ0v) is 8.47. The van der Waals surface area contributed by atoms with Gasteiger partial charge in [0.15, 0.2) is 0 Å². The van der Waals surface area contributed by atoms with Crippen molar-refractivity contribution in [2.45, 2.75) is 0 Å². The molecule has 0 aromatic heterocycles. The number of rotatable bonds is 1. The molecule has 0 atom stereocenters. The molecule has 3 N–H and O–H groups in total. The van der Waals surface area contributed by atoms with Gasteiger partial charge in [-0.15, -0.1) is 0 Å². The Morgan fingerprint density at radius 3 is 2.57 bits per heavy atom. The normalized spacial score (nSPS) is 9.57. The van der Waals surface area contributed by atoms with E-state index in [0.717, 1.165) is 6.07 Å². The topological polar surface area (TPSA) is 72.2 Å². The molecule has 0 aliphatic rings. The Kier molecular flexibility index (Phi) is 3.19. The Morgan fingerprint density at radius 1 is 1.43 bits per heavy atom.